The van der Waals surface area contributed by atoms with E-state index in [1.165, 1.54) is 13.2 Å². The number of hydrogen-bond donors (Lipinski definition) is 2. The normalized spacial score (nSPS) is 11.6. The summed E-state index contributed by atoms with van der Waals surface area (Å²) in [5.41, 5.74) is 2.09. The number of aromatic nitrogens is 1. The Morgan fingerprint density at radius 2 is 1.82 bits per heavy atom. The Morgan fingerprint density at radius 3 is 2.44 bits per heavy atom. The maximum absolute atomic E-state index is 12.8. The first-order valence-electron chi connectivity index (χ1n) is 10.8. The van der Waals surface area contributed by atoms with E-state index in [4.69, 9.17) is 4.74 Å². The Balaban J connectivity index is 2.50. The number of amides is 2. The lowest BCUT2D eigenvalue weighted by Gasteiger charge is -2.24. The molecule has 0 bridgehead atoms. The number of pyridine rings is 1. The van der Waals surface area contributed by atoms with Gasteiger partial charge in [0.1, 0.15) is 5.60 Å². The Kier molecular flexibility index (Phi) is 9.12. The zero-order valence-corrected chi connectivity index (χ0v) is 20.0. The largest absolute Gasteiger partial charge is 0.459 e. The van der Waals surface area contributed by atoms with Crippen LogP contribution in [0.2, 0.25) is 0 Å². The lowest BCUT2D eigenvalue weighted by Crippen LogP contribution is -2.27. The third-order valence-corrected chi connectivity index (χ3v) is 4.61. The molecule has 0 aliphatic heterocycles. The minimum Gasteiger partial charge on any atom is -0.459 e. The second-order valence-electron chi connectivity index (χ2n) is 8.50. The van der Waals surface area contributed by atoms with Crippen molar-refractivity contribution in [2.75, 3.05) is 17.7 Å². The molecule has 0 radical (unpaired) electrons. The molecule has 8 nitrogen and oxygen atoms in total. The van der Waals surface area contributed by atoms with Gasteiger partial charge >= 0.3 is 12.1 Å². The molecule has 1 aromatic heterocycles. The fourth-order valence-electron chi connectivity index (χ4n) is 3.17. The number of esters is 1. The zero-order valence-electron chi connectivity index (χ0n) is 20.0. The second-order valence-corrected chi connectivity index (χ2v) is 8.50. The molecule has 0 aliphatic rings. The van der Waals surface area contributed by atoms with Crippen molar-refractivity contribution < 1.29 is 23.9 Å². The predicted molar refractivity (Wildman–Crippen MR) is 133 cm³/mol. The third-order valence-electron chi connectivity index (χ3n) is 4.61. The van der Waals surface area contributed by atoms with Gasteiger partial charge in [0.2, 0.25) is 5.91 Å². The van der Waals surface area contributed by atoms with Crippen LogP contribution < -0.4 is 10.6 Å². The van der Waals surface area contributed by atoms with Crippen LogP contribution in [-0.4, -0.2) is 35.7 Å². The third kappa shape index (κ3) is 7.58. The molecule has 1 heterocycles. The number of benzene rings is 1. The number of nitrogens with one attached hydrogen (secondary N) is 2. The summed E-state index contributed by atoms with van der Waals surface area (Å²) in [6.45, 7) is 12.8. The summed E-state index contributed by atoms with van der Waals surface area (Å²) in [6.07, 6.45) is 4.63. The van der Waals surface area contributed by atoms with Crippen LogP contribution >= 0.6 is 0 Å². The predicted octanol–water partition coefficient (Wildman–Crippen LogP) is 5.44. The molecule has 0 fully saturated rings. The minimum absolute atomic E-state index is 0.113. The van der Waals surface area contributed by atoms with E-state index in [1.54, 1.807) is 42.6 Å². The van der Waals surface area contributed by atoms with Crippen LogP contribution in [0.5, 0.6) is 0 Å². The molecule has 2 N–H and O–H groups in total. The maximum atomic E-state index is 12.8. The van der Waals surface area contributed by atoms with Crippen molar-refractivity contribution >= 4 is 29.3 Å². The average molecular weight is 466 g/mol. The number of carbonyl (C=O) groups excluding carboxylic acids is 3. The van der Waals surface area contributed by atoms with Gasteiger partial charge in [-0.05, 0) is 63.1 Å². The maximum Gasteiger partial charge on any atom is 0.411 e. The van der Waals surface area contributed by atoms with Crippen molar-refractivity contribution in [2.45, 2.75) is 45.1 Å². The molecule has 0 aliphatic carbocycles. The molecule has 0 saturated carbocycles. The Labute approximate surface area is 200 Å². The van der Waals surface area contributed by atoms with Gasteiger partial charge in [0, 0.05) is 23.9 Å². The highest BCUT2D eigenvalue weighted by atomic mass is 16.6. The summed E-state index contributed by atoms with van der Waals surface area (Å²) in [4.78, 5) is 41.2. The highest BCUT2D eigenvalue weighted by Crippen LogP contribution is 2.33. The van der Waals surface area contributed by atoms with Gasteiger partial charge in [-0.3, -0.25) is 19.9 Å². The van der Waals surface area contributed by atoms with Gasteiger partial charge < -0.3 is 14.8 Å². The van der Waals surface area contributed by atoms with E-state index in [2.05, 4.69) is 33.5 Å². The Morgan fingerprint density at radius 1 is 1.09 bits per heavy atom. The van der Waals surface area contributed by atoms with Crippen molar-refractivity contribution in [1.82, 2.24) is 4.98 Å². The molecule has 1 unspecified atom stereocenters. The van der Waals surface area contributed by atoms with Crippen molar-refractivity contribution in [3.05, 3.63) is 67.4 Å². The summed E-state index contributed by atoms with van der Waals surface area (Å²) < 4.78 is 10.2. The second kappa shape index (κ2) is 11.8. The van der Waals surface area contributed by atoms with E-state index in [1.807, 2.05) is 20.8 Å². The van der Waals surface area contributed by atoms with Crippen LogP contribution in [0.25, 0.3) is 11.3 Å². The Bertz CT molecular complexity index is 1070. The van der Waals surface area contributed by atoms with Gasteiger partial charge in [-0.15, -0.1) is 13.2 Å². The summed E-state index contributed by atoms with van der Waals surface area (Å²) >= 11 is 0. The topological polar surface area (TPSA) is 107 Å². The molecular weight excluding hydrogens is 434 g/mol. The molecule has 2 aromatic rings. The number of hydrogen-bond acceptors (Lipinski definition) is 6. The molecule has 34 heavy (non-hydrogen) atoms. The van der Waals surface area contributed by atoms with Gasteiger partial charge in [-0.2, -0.15) is 0 Å². The molecule has 8 heteroatoms. The SMILES string of the molecule is C=CCC(=O)Nc1cc(NC(=O)OC)ccc1-c1cc(C(CC=C)C(=O)OC(C)(C)C)ccn1. The number of nitrogens with zero attached hydrogens (tertiary/aromatic N) is 1. The van der Waals surface area contributed by atoms with E-state index in [9.17, 15) is 14.4 Å². The fraction of sp³-hybridized carbons (Fsp3) is 0.308. The monoisotopic (exact) mass is 465 g/mol. The summed E-state index contributed by atoms with van der Waals surface area (Å²) in [5, 5.41) is 5.39. The highest BCUT2D eigenvalue weighted by molar-refractivity contribution is 5.97. The van der Waals surface area contributed by atoms with Crippen LogP contribution in [-0.2, 0) is 19.1 Å². The lowest BCUT2D eigenvalue weighted by atomic mass is 9.94. The van der Waals surface area contributed by atoms with E-state index < -0.39 is 17.6 Å². The van der Waals surface area contributed by atoms with Gasteiger partial charge in [0.05, 0.1) is 24.4 Å². The standard InChI is InChI=1S/C26H31N3O5/c1-7-9-19(24(31)34-26(3,4)5)17-13-14-27-21(15-17)20-12-11-18(28-25(32)33-6)16-22(20)29-23(30)10-8-2/h7-8,11-16,19H,1-2,9-10H2,3-6H3,(H,28,32)(H,29,30). The van der Waals surface area contributed by atoms with Crippen LogP contribution in [0.4, 0.5) is 16.2 Å². The first kappa shape index (κ1) is 26.3. The number of allylic oxidation sites excluding steroid dienone is 1. The van der Waals surface area contributed by atoms with Crippen molar-refractivity contribution in [1.29, 1.82) is 0 Å². The molecule has 180 valence electrons. The molecule has 2 rings (SSSR count). The molecule has 1 atom stereocenters. The molecule has 0 spiro atoms. The van der Waals surface area contributed by atoms with E-state index in [0.717, 1.165) is 0 Å². The van der Waals surface area contributed by atoms with Crippen LogP contribution in [0.3, 0.4) is 0 Å². The minimum atomic E-state index is -0.638. The summed E-state index contributed by atoms with van der Waals surface area (Å²) in [5.74, 6) is -1.19. The van der Waals surface area contributed by atoms with Crippen molar-refractivity contribution in [3.63, 3.8) is 0 Å². The van der Waals surface area contributed by atoms with Gasteiger partial charge in [-0.25, -0.2) is 4.79 Å². The number of carbonyl (C=O) groups is 3. The summed E-state index contributed by atoms with van der Waals surface area (Å²) in [7, 11) is 1.26. The number of methoxy groups -OCH3 is 1. The molecular formula is C26H31N3O5. The molecule has 1 aromatic carbocycles. The first-order valence-corrected chi connectivity index (χ1v) is 10.8. The summed E-state index contributed by atoms with van der Waals surface area (Å²) in [6, 6.07) is 8.53. The Hall–Kier alpha value is -3.94. The van der Waals surface area contributed by atoms with E-state index in [0.29, 0.717) is 34.6 Å². The van der Waals surface area contributed by atoms with E-state index in [-0.39, 0.29) is 18.3 Å². The van der Waals surface area contributed by atoms with Gasteiger partial charge in [0.25, 0.3) is 0 Å². The first-order chi connectivity index (χ1) is 16.1. The number of ether oxygens (including phenoxy) is 2. The highest BCUT2D eigenvalue weighted by Gasteiger charge is 2.26. The number of anilines is 2. The van der Waals surface area contributed by atoms with E-state index >= 15 is 0 Å². The van der Waals surface area contributed by atoms with Crippen LogP contribution in [0.15, 0.2) is 61.8 Å². The lowest BCUT2D eigenvalue weighted by molar-refractivity contribution is -0.156. The fourth-order valence-corrected chi connectivity index (χ4v) is 3.17. The smallest absolute Gasteiger partial charge is 0.411 e. The number of rotatable bonds is 9. The molecule has 2 amide bonds. The quantitative estimate of drug-likeness (QED) is 0.377. The van der Waals surface area contributed by atoms with Crippen molar-refractivity contribution in [2.24, 2.45) is 0 Å². The van der Waals surface area contributed by atoms with Crippen LogP contribution in [0, 0.1) is 0 Å². The average Bonchev–Trinajstić information content (AvgIpc) is 2.76. The van der Waals surface area contributed by atoms with Crippen molar-refractivity contribution in [3.8, 4) is 11.3 Å². The van der Waals surface area contributed by atoms with Crippen LogP contribution in [0.1, 0.15) is 45.1 Å². The van der Waals surface area contributed by atoms with Gasteiger partial charge in [-0.1, -0.05) is 12.2 Å². The zero-order chi connectivity index (χ0) is 25.3. The van der Waals surface area contributed by atoms with Gasteiger partial charge in [0.15, 0.2) is 0 Å². The molecule has 0 saturated heterocycles.